The van der Waals surface area contributed by atoms with Gasteiger partial charge in [0.2, 0.25) is 0 Å². The molecule has 3 N–H and O–H groups in total. The van der Waals surface area contributed by atoms with Gasteiger partial charge in [-0.25, -0.2) is 0 Å². The molecule has 0 aromatic carbocycles. The molecule has 0 aliphatic heterocycles. The van der Waals surface area contributed by atoms with E-state index in [2.05, 4.69) is 27.7 Å². The van der Waals surface area contributed by atoms with E-state index in [4.69, 9.17) is 0 Å². The van der Waals surface area contributed by atoms with E-state index in [0.717, 1.165) is 24.8 Å². The fourth-order valence-electron chi connectivity index (χ4n) is 6.18. The molecule has 3 aliphatic rings. The van der Waals surface area contributed by atoms with E-state index >= 15 is 0 Å². The van der Waals surface area contributed by atoms with Crippen molar-refractivity contribution in [3.05, 3.63) is 11.6 Å². The fraction of sp³-hybridized carbons (Fsp3) is 0.900. The Hall–Kier alpha value is -0.380. The molecule has 3 heteroatoms. The minimum Gasteiger partial charge on any atom is -0.392 e. The summed E-state index contributed by atoms with van der Waals surface area (Å²) >= 11 is 0. The maximum Gasteiger partial charge on any atom is 0.0831 e. The molecule has 132 valence electrons. The molecule has 0 radical (unpaired) electrons. The topological polar surface area (TPSA) is 60.7 Å². The van der Waals surface area contributed by atoms with Gasteiger partial charge in [0.1, 0.15) is 0 Å². The van der Waals surface area contributed by atoms with Crippen LogP contribution in [0.3, 0.4) is 0 Å². The monoisotopic (exact) mass is 322 g/mol. The molecule has 3 aliphatic carbocycles. The van der Waals surface area contributed by atoms with Crippen molar-refractivity contribution in [3.8, 4) is 0 Å². The molecule has 2 saturated carbocycles. The third-order valence-corrected chi connectivity index (χ3v) is 7.52. The highest BCUT2D eigenvalue weighted by Crippen LogP contribution is 2.58. The minimum atomic E-state index is -0.825. The van der Waals surface area contributed by atoms with Crippen molar-refractivity contribution in [2.24, 2.45) is 41.4 Å². The van der Waals surface area contributed by atoms with E-state index in [9.17, 15) is 15.3 Å². The van der Waals surface area contributed by atoms with Gasteiger partial charge in [-0.05, 0) is 60.8 Å². The van der Waals surface area contributed by atoms with Gasteiger partial charge in [-0.15, -0.1) is 0 Å². The molecule has 2 fully saturated rings. The molecule has 0 unspecified atom stereocenters. The fourth-order valence-corrected chi connectivity index (χ4v) is 6.18. The summed E-state index contributed by atoms with van der Waals surface area (Å²) in [6.45, 7) is 8.86. The molecule has 0 saturated heterocycles. The first-order valence-corrected chi connectivity index (χ1v) is 9.54. The normalized spacial score (nSPS) is 50.3. The Labute approximate surface area is 140 Å². The maximum atomic E-state index is 11.8. The van der Waals surface area contributed by atoms with Crippen LogP contribution in [0.5, 0.6) is 0 Å². The Morgan fingerprint density at radius 2 is 1.87 bits per heavy atom. The first kappa shape index (κ1) is 17.4. The quantitative estimate of drug-likeness (QED) is 0.685. The summed E-state index contributed by atoms with van der Waals surface area (Å²) in [5.41, 5.74) is -0.0893. The Balaban J connectivity index is 2.14. The summed E-state index contributed by atoms with van der Waals surface area (Å²) < 4.78 is 0. The van der Waals surface area contributed by atoms with Crippen molar-refractivity contribution < 1.29 is 15.3 Å². The molecule has 0 spiro atoms. The molecule has 3 nitrogen and oxygen atoms in total. The van der Waals surface area contributed by atoms with Crippen LogP contribution in [-0.2, 0) is 0 Å². The van der Waals surface area contributed by atoms with Crippen LogP contribution in [0.2, 0.25) is 0 Å². The summed E-state index contributed by atoms with van der Waals surface area (Å²) in [6, 6.07) is 0. The Morgan fingerprint density at radius 3 is 2.48 bits per heavy atom. The largest absolute Gasteiger partial charge is 0.392 e. The van der Waals surface area contributed by atoms with Gasteiger partial charge in [0.25, 0.3) is 0 Å². The van der Waals surface area contributed by atoms with Crippen molar-refractivity contribution in [1.82, 2.24) is 0 Å². The van der Waals surface area contributed by atoms with Crippen LogP contribution >= 0.6 is 0 Å². The lowest BCUT2D eigenvalue weighted by molar-refractivity contribution is -0.202. The van der Waals surface area contributed by atoms with Gasteiger partial charge in [0, 0.05) is 11.8 Å². The van der Waals surface area contributed by atoms with Gasteiger partial charge in [-0.2, -0.15) is 0 Å². The van der Waals surface area contributed by atoms with E-state index < -0.39 is 11.7 Å². The molecule has 8 atom stereocenters. The first-order chi connectivity index (χ1) is 10.8. The van der Waals surface area contributed by atoms with Gasteiger partial charge >= 0.3 is 0 Å². The molecule has 23 heavy (non-hydrogen) atoms. The van der Waals surface area contributed by atoms with Crippen LogP contribution in [0.1, 0.15) is 53.4 Å². The summed E-state index contributed by atoms with van der Waals surface area (Å²) in [7, 11) is 0. The van der Waals surface area contributed by atoms with Gasteiger partial charge in [0.05, 0.1) is 18.3 Å². The molecular formula is C20H34O3. The lowest BCUT2D eigenvalue weighted by Gasteiger charge is -2.60. The second-order valence-electron chi connectivity index (χ2n) is 8.89. The predicted octanol–water partition coefficient (Wildman–Crippen LogP) is 2.99. The average Bonchev–Trinajstić information content (AvgIpc) is 2.49. The van der Waals surface area contributed by atoms with E-state index in [1.54, 1.807) is 0 Å². The van der Waals surface area contributed by atoms with Crippen LogP contribution in [0.4, 0.5) is 0 Å². The summed E-state index contributed by atoms with van der Waals surface area (Å²) in [5.74, 6) is 2.00. The molecule has 0 amide bonds. The molecule has 0 aromatic rings. The smallest absolute Gasteiger partial charge is 0.0831 e. The standard InChI is InChI=1S/C20H34O3/c1-11(2)15-7-5-12(3)17-9-14(10-21)19(22)18-16(15)8-6-13(4)20(17,18)23/h9,11-13,15-19,21-23H,5-8,10H2,1-4H3/t12-,13+,15-,16+,17-,18-,19+,20-/m0/s1. The second-order valence-corrected chi connectivity index (χ2v) is 8.89. The molecule has 4 bridgehead atoms. The van der Waals surface area contributed by atoms with Crippen molar-refractivity contribution >= 4 is 0 Å². The lowest BCUT2D eigenvalue weighted by Crippen LogP contribution is -2.64. The second kappa shape index (κ2) is 6.16. The van der Waals surface area contributed by atoms with Gasteiger partial charge in [-0.3, -0.25) is 0 Å². The van der Waals surface area contributed by atoms with Crippen LogP contribution in [-0.4, -0.2) is 33.6 Å². The van der Waals surface area contributed by atoms with Crippen molar-refractivity contribution in [3.63, 3.8) is 0 Å². The number of hydrogen-bond donors (Lipinski definition) is 3. The number of aliphatic hydroxyl groups is 3. The molecule has 3 rings (SSSR count). The van der Waals surface area contributed by atoms with Crippen LogP contribution in [0, 0.1) is 41.4 Å². The van der Waals surface area contributed by atoms with E-state index in [1.807, 2.05) is 6.08 Å². The van der Waals surface area contributed by atoms with Crippen LogP contribution in [0.15, 0.2) is 11.6 Å². The lowest BCUT2D eigenvalue weighted by atomic mass is 9.48. The third kappa shape index (κ3) is 2.51. The van der Waals surface area contributed by atoms with Crippen molar-refractivity contribution in [2.75, 3.05) is 6.61 Å². The first-order valence-electron chi connectivity index (χ1n) is 9.54. The predicted molar refractivity (Wildman–Crippen MR) is 91.7 cm³/mol. The van der Waals surface area contributed by atoms with E-state index in [0.29, 0.717) is 23.7 Å². The Kier molecular flexibility index (Phi) is 4.67. The summed E-state index contributed by atoms with van der Waals surface area (Å²) in [4.78, 5) is 0. The number of rotatable bonds is 2. The zero-order valence-electron chi connectivity index (χ0n) is 15.1. The highest BCUT2D eigenvalue weighted by molar-refractivity contribution is 5.26. The van der Waals surface area contributed by atoms with E-state index in [-0.39, 0.29) is 24.4 Å². The van der Waals surface area contributed by atoms with Crippen molar-refractivity contribution in [1.29, 1.82) is 0 Å². The number of aliphatic hydroxyl groups excluding tert-OH is 2. The molecular weight excluding hydrogens is 288 g/mol. The zero-order chi connectivity index (χ0) is 16.9. The van der Waals surface area contributed by atoms with Gasteiger partial charge < -0.3 is 15.3 Å². The highest BCUT2D eigenvalue weighted by atomic mass is 16.3. The SMILES string of the molecule is CC(C)[C@@H]1CC[C@H](C)[C@@H]2C=C(CO)[C@@H](O)[C@@H]3[C@@H]1CC[C@@H](C)[C@@]32O. The van der Waals surface area contributed by atoms with Gasteiger partial charge in [0.15, 0.2) is 0 Å². The Bertz CT molecular complexity index is 472. The van der Waals surface area contributed by atoms with Crippen molar-refractivity contribution in [2.45, 2.75) is 65.1 Å². The van der Waals surface area contributed by atoms with Crippen LogP contribution < -0.4 is 0 Å². The number of hydrogen-bond acceptors (Lipinski definition) is 3. The Morgan fingerprint density at radius 1 is 1.17 bits per heavy atom. The van der Waals surface area contributed by atoms with Gasteiger partial charge in [-0.1, -0.05) is 33.8 Å². The van der Waals surface area contributed by atoms with E-state index in [1.165, 1.54) is 6.42 Å². The molecule has 0 aromatic heterocycles. The maximum absolute atomic E-state index is 11.8. The molecule has 0 heterocycles. The summed E-state index contributed by atoms with van der Waals surface area (Å²) in [5, 5.41) is 32.5. The average molecular weight is 322 g/mol. The van der Waals surface area contributed by atoms with Crippen LogP contribution in [0.25, 0.3) is 0 Å². The highest BCUT2D eigenvalue weighted by Gasteiger charge is 2.60. The third-order valence-electron chi connectivity index (χ3n) is 7.52. The summed E-state index contributed by atoms with van der Waals surface area (Å²) in [6.07, 6.45) is 5.76. The minimum absolute atomic E-state index is 0.0592. The zero-order valence-corrected chi connectivity index (χ0v) is 15.1.